The van der Waals surface area contributed by atoms with Gasteiger partial charge in [0.2, 0.25) is 0 Å². The van der Waals surface area contributed by atoms with Crippen LogP contribution in [-0.4, -0.2) is 25.7 Å². The summed E-state index contributed by atoms with van der Waals surface area (Å²) in [7, 11) is 0. The van der Waals surface area contributed by atoms with Gasteiger partial charge in [0.05, 0.1) is 10.7 Å². The molecule has 4 aromatic rings. The van der Waals surface area contributed by atoms with Gasteiger partial charge in [-0.3, -0.25) is 4.79 Å². The van der Waals surface area contributed by atoms with E-state index < -0.39 is 0 Å². The van der Waals surface area contributed by atoms with E-state index in [2.05, 4.69) is 20.5 Å². The van der Waals surface area contributed by atoms with Crippen molar-refractivity contribution in [2.45, 2.75) is 26.8 Å². The molecule has 30 heavy (non-hydrogen) atoms. The first-order valence-electron chi connectivity index (χ1n) is 9.54. The van der Waals surface area contributed by atoms with Gasteiger partial charge >= 0.3 is 0 Å². The first-order valence-corrected chi connectivity index (χ1v) is 10.4. The van der Waals surface area contributed by atoms with E-state index in [1.807, 2.05) is 42.7 Å². The van der Waals surface area contributed by atoms with Crippen molar-refractivity contribution in [2.24, 2.45) is 0 Å². The Balaban J connectivity index is 1.51. The van der Waals surface area contributed by atoms with E-state index in [1.54, 1.807) is 18.5 Å². The number of thiazole rings is 1. The van der Waals surface area contributed by atoms with Gasteiger partial charge < -0.3 is 9.88 Å². The fourth-order valence-corrected chi connectivity index (χ4v) is 4.14. The van der Waals surface area contributed by atoms with Crippen molar-refractivity contribution in [1.29, 1.82) is 0 Å². The molecule has 0 aliphatic carbocycles. The fourth-order valence-electron chi connectivity index (χ4n) is 3.15. The first kappa shape index (κ1) is 19.9. The van der Waals surface area contributed by atoms with Crippen molar-refractivity contribution >= 4 is 22.9 Å². The van der Waals surface area contributed by atoms with Gasteiger partial charge in [-0.1, -0.05) is 24.3 Å². The summed E-state index contributed by atoms with van der Waals surface area (Å²) in [5.41, 5.74) is 3.18. The fraction of sp³-hybridized carbons (Fsp3) is 0.182. The maximum absolute atomic E-state index is 13.1. The average molecular weight is 422 g/mol. The van der Waals surface area contributed by atoms with Gasteiger partial charge in [-0.05, 0) is 43.7 Å². The summed E-state index contributed by atoms with van der Waals surface area (Å²) in [6.07, 6.45) is 2.24. The Labute approximate surface area is 177 Å². The molecule has 2 aromatic heterocycles. The van der Waals surface area contributed by atoms with Crippen molar-refractivity contribution in [3.63, 3.8) is 0 Å². The predicted octanol–water partition coefficient (Wildman–Crippen LogP) is 4.71. The number of nitrogens with one attached hydrogen (secondary N) is 1. The third-order valence-electron chi connectivity index (χ3n) is 4.65. The van der Waals surface area contributed by atoms with E-state index in [0.29, 0.717) is 22.7 Å². The third-order valence-corrected chi connectivity index (χ3v) is 5.81. The highest BCUT2D eigenvalue weighted by Crippen LogP contribution is 2.24. The number of anilines is 1. The molecule has 1 amide bonds. The van der Waals surface area contributed by atoms with Gasteiger partial charge in [0.1, 0.15) is 17.0 Å². The van der Waals surface area contributed by atoms with E-state index in [-0.39, 0.29) is 11.7 Å². The van der Waals surface area contributed by atoms with Crippen LogP contribution < -0.4 is 5.32 Å². The molecule has 0 atom stereocenters. The minimum atomic E-state index is -0.270. The summed E-state index contributed by atoms with van der Waals surface area (Å²) in [6.45, 7) is 4.60. The van der Waals surface area contributed by atoms with E-state index in [4.69, 9.17) is 0 Å². The van der Waals surface area contributed by atoms with Gasteiger partial charge in [0.15, 0.2) is 5.82 Å². The van der Waals surface area contributed by atoms with Crippen LogP contribution in [0, 0.1) is 12.7 Å². The summed E-state index contributed by atoms with van der Waals surface area (Å²) in [5.74, 6) is 0.280. The van der Waals surface area contributed by atoms with Crippen LogP contribution in [0.2, 0.25) is 0 Å². The van der Waals surface area contributed by atoms with Gasteiger partial charge in [-0.15, -0.1) is 21.5 Å². The second-order valence-electron chi connectivity index (χ2n) is 6.80. The van der Waals surface area contributed by atoms with Gasteiger partial charge in [-0.2, -0.15) is 0 Å². The monoisotopic (exact) mass is 421 g/mol. The number of amides is 1. The summed E-state index contributed by atoms with van der Waals surface area (Å²) >= 11 is 1.35. The van der Waals surface area contributed by atoms with Gasteiger partial charge in [0, 0.05) is 24.2 Å². The minimum Gasteiger partial charge on any atom is -0.321 e. The zero-order valence-corrected chi connectivity index (χ0v) is 17.4. The molecule has 4 rings (SSSR count). The molecule has 2 heterocycles. The normalized spacial score (nSPS) is 10.9. The predicted molar refractivity (Wildman–Crippen MR) is 115 cm³/mol. The summed E-state index contributed by atoms with van der Waals surface area (Å²) in [4.78, 5) is 17.9. The van der Waals surface area contributed by atoms with Crippen molar-refractivity contribution in [2.75, 3.05) is 5.32 Å². The molecular weight excluding hydrogens is 401 g/mol. The Hall–Kier alpha value is -3.39. The van der Waals surface area contributed by atoms with Gasteiger partial charge in [-0.25, -0.2) is 9.37 Å². The molecule has 0 aliphatic rings. The number of carbonyl (C=O) groups is 1. The highest BCUT2D eigenvalue weighted by Gasteiger charge is 2.16. The number of halogens is 1. The summed E-state index contributed by atoms with van der Waals surface area (Å²) in [6, 6.07) is 13.8. The molecule has 0 fully saturated rings. The zero-order valence-electron chi connectivity index (χ0n) is 16.6. The first-order chi connectivity index (χ1) is 14.5. The Morgan fingerprint density at radius 1 is 1.20 bits per heavy atom. The zero-order chi connectivity index (χ0) is 21.1. The van der Waals surface area contributed by atoms with Gasteiger partial charge in [0.25, 0.3) is 5.91 Å². The molecule has 0 saturated heterocycles. The summed E-state index contributed by atoms with van der Waals surface area (Å²) < 4.78 is 15.0. The highest BCUT2D eigenvalue weighted by atomic mass is 32.1. The molecule has 0 spiro atoms. The molecule has 0 radical (unpaired) electrons. The van der Waals surface area contributed by atoms with Crippen LogP contribution in [0.3, 0.4) is 0 Å². The Morgan fingerprint density at radius 2 is 2.00 bits per heavy atom. The second-order valence-corrected chi connectivity index (χ2v) is 7.88. The molecule has 1 N–H and O–H groups in total. The standard InChI is InChI=1S/C22H20FN5OS/c1-3-28-13-24-27-21(28)16-5-4-6-18(12-16)26-22(29)20-14(2)25-19(30-20)11-15-7-9-17(23)10-8-15/h4-10,12-13H,3,11H2,1-2H3,(H,26,29). The lowest BCUT2D eigenvalue weighted by Crippen LogP contribution is -2.11. The SMILES string of the molecule is CCn1cnnc1-c1cccc(NC(=O)c2sc(Cc3ccc(F)cc3)nc2C)c1. The van der Waals surface area contributed by atoms with Crippen LogP contribution >= 0.6 is 11.3 Å². The smallest absolute Gasteiger partial charge is 0.267 e. The summed E-state index contributed by atoms with van der Waals surface area (Å²) in [5, 5.41) is 11.9. The third kappa shape index (κ3) is 4.28. The maximum atomic E-state index is 13.1. The Bertz CT molecular complexity index is 1180. The molecule has 0 bridgehead atoms. The maximum Gasteiger partial charge on any atom is 0.267 e. The Morgan fingerprint density at radius 3 is 2.77 bits per heavy atom. The number of nitrogens with zero attached hydrogens (tertiary/aromatic N) is 4. The lowest BCUT2D eigenvalue weighted by molar-refractivity contribution is 0.103. The molecule has 152 valence electrons. The highest BCUT2D eigenvalue weighted by molar-refractivity contribution is 7.14. The second kappa shape index (κ2) is 8.54. The molecular formula is C22H20FN5OS. The Kier molecular flexibility index (Phi) is 5.67. The van der Waals surface area contributed by atoms with Crippen LogP contribution in [0.5, 0.6) is 0 Å². The van der Waals surface area contributed by atoms with Crippen molar-refractivity contribution in [3.05, 3.63) is 81.8 Å². The number of rotatable bonds is 6. The minimum absolute atomic E-state index is 0.204. The number of hydrogen-bond acceptors (Lipinski definition) is 5. The van der Waals surface area contributed by atoms with E-state index >= 15 is 0 Å². The quantitative estimate of drug-likeness (QED) is 0.489. The molecule has 2 aromatic carbocycles. The van der Waals surface area contributed by atoms with Crippen LogP contribution in [0.1, 0.15) is 32.9 Å². The number of aromatic nitrogens is 4. The molecule has 6 nitrogen and oxygen atoms in total. The van der Waals surface area contributed by atoms with Crippen molar-refractivity contribution in [3.8, 4) is 11.4 Å². The molecule has 0 saturated carbocycles. The van der Waals surface area contributed by atoms with Crippen LogP contribution in [0.15, 0.2) is 54.9 Å². The topological polar surface area (TPSA) is 72.7 Å². The van der Waals surface area contributed by atoms with Crippen molar-refractivity contribution in [1.82, 2.24) is 19.7 Å². The van der Waals surface area contributed by atoms with E-state index in [0.717, 1.165) is 28.5 Å². The molecule has 0 aliphatic heterocycles. The molecule has 8 heteroatoms. The van der Waals surface area contributed by atoms with Crippen molar-refractivity contribution < 1.29 is 9.18 Å². The number of hydrogen-bond donors (Lipinski definition) is 1. The average Bonchev–Trinajstić information content (AvgIpc) is 3.36. The van der Waals surface area contributed by atoms with Crippen LogP contribution in [0.25, 0.3) is 11.4 Å². The van der Waals surface area contributed by atoms with E-state index in [1.165, 1.54) is 23.5 Å². The number of carbonyl (C=O) groups excluding carboxylic acids is 1. The van der Waals surface area contributed by atoms with Crippen LogP contribution in [-0.2, 0) is 13.0 Å². The lowest BCUT2D eigenvalue weighted by Gasteiger charge is -2.07. The number of aryl methyl sites for hydroxylation is 2. The largest absolute Gasteiger partial charge is 0.321 e. The number of benzene rings is 2. The lowest BCUT2D eigenvalue weighted by atomic mass is 10.1. The molecule has 0 unspecified atom stereocenters. The van der Waals surface area contributed by atoms with E-state index in [9.17, 15) is 9.18 Å². The van der Waals surface area contributed by atoms with Crippen LogP contribution in [0.4, 0.5) is 10.1 Å².